The van der Waals surface area contributed by atoms with E-state index in [-0.39, 0.29) is 22.0 Å². The van der Waals surface area contributed by atoms with Crippen molar-refractivity contribution in [1.29, 1.82) is 0 Å². The molecule has 0 atom stereocenters. The van der Waals surface area contributed by atoms with E-state index in [9.17, 15) is 13.2 Å². The van der Waals surface area contributed by atoms with Crippen LogP contribution in [0.5, 0.6) is 0 Å². The van der Waals surface area contributed by atoms with Crippen LogP contribution in [0.3, 0.4) is 0 Å². The molecular formula is C15H9F3IN3OS. The van der Waals surface area contributed by atoms with Crippen molar-refractivity contribution < 1.29 is 17.6 Å². The zero-order chi connectivity index (χ0) is 17.4. The summed E-state index contributed by atoms with van der Waals surface area (Å²) >= 11 is 6.90. The van der Waals surface area contributed by atoms with E-state index in [2.05, 4.69) is 38.1 Å². The highest BCUT2D eigenvalue weighted by Gasteiger charge is 2.23. The van der Waals surface area contributed by atoms with E-state index in [4.69, 9.17) is 16.6 Å². The second kappa shape index (κ2) is 6.55. The fourth-order valence-electron chi connectivity index (χ4n) is 2.13. The number of halogens is 4. The average Bonchev–Trinajstić information content (AvgIpc) is 2.96. The normalized spacial score (nSPS) is 10.9. The number of aryl methyl sites for hydroxylation is 1. The minimum Gasteiger partial charge on any atom is -0.409 e. The monoisotopic (exact) mass is 463 g/mol. The molecule has 1 heterocycles. The van der Waals surface area contributed by atoms with Crippen LogP contribution in [0.15, 0.2) is 28.7 Å². The quantitative estimate of drug-likeness (QED) is 0.307. The van der Waals surface area contributed by atoms with E-state index < -0.39 is 17.5 Å². The molecule has 0 saturated heterocycles. The Bertz CT molecular complexity index is 987. The Balaban J connectivity index is 2.18. The van der Waals surface area contributed by atoms with Crippen molar-refractivity contribution in [2.24, 2.45) is 0 Å². The minimum atomic E-state index is -1.58. The van der Waals surface area contributed by atoms with Crippen LogP contribution in [-0.2, 0) is 0 Å². The Morgan fingerprint density at radius 1 is 1.21 bits per heavy atom. The molecule has 2 N–H and O–H groups in total. The van der Waals surface area contributed by atoms with E-state index in [1.807, 2.05) is 13.0 Å². The van der Waals surface area contributed by atoms with Gasteiger partial charge in [0.2, 0.25) is 5.89 Å². The number of anilines is 2. The molecule has 0 aliphatic rings. The molecule has 0 spiro atoms. The summed E-state index contributed by atoms with van der Waals surface area (Å²) in [4.78, 5) is -0.0634. The standard InChI is InChI=1S/C15H9F3IN3OS/c1-6-4-7(19)2-3-10(6)20-13-8(14-21-22-15(24)23-14)5-9(16)11(17)12(13)18/h2-5,20H,1H3,(H,22,24). The lowest BCUT2D eigenvalue weighted by atomic mass is 10.1. The molecule has 3 rings (SSSR count). The fourth-order valence-corrected chi connectivity index (χ4v) is 2.90. The van der Waals surface area contributed by atoms with Crippen molar-refractivity contribution in [3.8, 4) is 11.5 Å². The summed E-state index contributed by atoms with van der Waals surface area (Å²) in [6.45, 7) is 1.81. The van der Waals surface area contributed by atoms with Gasteiger partial charge in [0, 0.05) is 9.26 Å². The molecular weight excluding hydrogens is 454 g/mol. The van der Waals surface area contributed by atoms with Gasteiger partial charge >= 0.3 is 0 Å². The maximum Gasteiger partial charge on any atom is 0.284 e. The first kappa shape index (κ1) is 17.0. The number of H-pyrrole nitrogens is 1. The number of rotatable bonds is 3. The number of nitrogens with zero attached hydrogens (tertiary/aromatic N) is 1. The highest BCUT2D eigenvalue weighted by molar-refractivity contribution is 14.1. The Labute approximate surface area is 153 Å². The van der Waals surface area contributed by atoms with Gasteiger partial charge in [-0.25, -0.2) is 18.3 Å². The van der Waals surface area contributed by atoms with Crippen molar-refractivity contribution in [3.05, 3.63) is 55.7 Å². The van der Waals surface area contributed by atoms with E-state index in [0.29, 0.717) is 5.69 Å². The van der Waals surface area contributed by atoms with Gasteiger partial charge < -0.3 is 9.73 Å². The number of hydrogen-bond donors (Lipinski definition) is 2. The molecule has 0 fully saturated rings. The number of nitrogens with one attached hydrogen (secondary N) is 2. The van der Waals surface area contributed by atoms with Crippen LogP contribution >= 0.6 is 34.8 Å². The van der Waals surface area contributed by atoms with Gasteiger partial charge in [0.1, 0.15) is 0 Å². The average molecular weight is 463 g/mol. The van der Waals surface area contributed by atoms with Crippen molar-refractivity contribution in [2.75, 3.05) is 5.32 Å². The molecule has 9 heteroatoms. The summed E-state index contributed by atoms with van der Waals surface area (Å²) in [5, 5.41) is 8.88. The minimum absolute atomic E-state index is 0.0634. The Morgan fingerprint density at radius 2 is 1.96 bits per heavy atom. The first-order valence-electron chi connectivity index (χ1n) is 6.63. The van der Waals surface area contributed by atoms with Crippen molar-refractivity contribution in [3.63, 3.8) is 0 Å². The van der Waals surface area contributed by atoms with Crippen molar-refractivity contribution in [1.82, 2.24) is 10.2 Å². The zero-order valence-corrected chi connectivity index (χ0v) is 15.1. The Hall–Kier alpha value is -1.88. The molecule has 2 aromatic carbocycles. The zero-order valence-electron chi connectivity index (χ0n) is 12.1. The van der Waals surface area contributed by atoms with E-state index >= 15 is 0 Å². The van der Waals surface area contributed by atoms with Gasteiger partial charge in [-0.1, -0.05) is 0 Å². The highest BCUT2D eigenvalue weighted by atomic mass is 127. The Kier molecular flexibility index (Phi) is 4.63. The van der Waals surface area contributed by atoms with Crippen LogP contribution in [-0.4, -0.2) is 10.2 Å². The number of aromatic amines is 1. The van der Waals surface area contributed by atoms with Crippen LogP contribution < -0.4 is 5.32 Å². The molecule has 24 heavy (non-hydrogen) atoms. The maximum absolute atomic E-state index is 14.3. The van der Waals surface area contributed by atoms with Crippen molar-refractivity contribution >= 4 is 46.2 Å². The third kappa shape index (κ3) is 3.18. The van der Waals surface area contributed by atoms with E-state index in [0.717, 1.165) is 15.2 Å². The largest absolute Gasteiger partial charge is 0.409 e. The molecule has 0 bridgehead atoms. The van der Waals surface area contributed by atoms with E-state index in [1.54, 1.807) is 12.1 Å². The van der Waals surface area contributed by atoms with Gasteiger partial charge in [0.05, 0.1) is 11.3 Å². The maximum atomic E-state index is 14.3. The first-order chi connectivity index (χ1) is 11.4. The number of aromatic nitrogens is 2. The summed E-state index contributed by atoms with van der Waals surface area (Å²) < 4.78 is 47.7. The summed E-state index contributed by atoms with van der Waals surface area (Å²) in [6.07, 6.45) is 0. The molecule has 124 valence electrons. The lowest BCUT2D eigenvalue weighted by Gasteiger charge is -2.14. The van der Waals surface area contributed by atoms with Gasteiger partial charge in [-0.05, 0) is 71.6 Å². The predicted molar refractivity (Wildman–Crippen MR) is 94.2 cm³/mol. The predicted octanol–water partition coefficient (Wildman–Crippen LogP) is 5.47. The van der Waals surface area contributed by atoms with Crippen LogP contribution in [0.2, 0.25) is 0 Å². The van der Waals surface area contributed by atoms with Gasteiger partial charge in [-0.2, -0.15) is 0 Å². The highest BCUT2D eigenvalue weighted by Crippen LogP contribution is 2.35. The molecule has 1 aromatic heterocycles. The van der Waals surface area contributed by atoms with Crippen molar-refractivity contribution in [2.45, 2.75) is 6.92 Å². The molecule has 0 saturated carbocycles. The molecule has 0 radical (unpaired) electrons. The van der Waals surface area contributed by atoms with Crippen LogP contribution in [0.1, 0.15) is 5.56 Å². The van der Waals surface area contributed by atoms with Gasteiger partial charge in [0.15, 0.2) is 17.5 Å². The molecule has 4 nitrogen and oxygen atoms in total. The Morgan fingerprint density at radius 3 is 2.58 bits per heavy atom. The fraction of sp³-hybridized carbons (Fsp3) is 0.0667. The third-order valence-electron chi connectivity index (χ3n) is 3.28. The number of benzene rings is 2. The van der Waals surface area contributed by atoms with Crippen LogP contribution in [0.4, 0.5) is 24.5 Å². The molecule has 0 unspecified atom stereocenters. The summed E-state index contributed by atoms with van der Waals surface area (Å²) in [5.74, 6) is -4.45. The summed E-state index contributed by atoms with van der Waals surface area (Å²) in [7, 11) is 0. The first-order valence-corrected chi connectivity index (χ1v) is 8.12. The van der Waals surface area contributed by atoms with Gasteiger partial charge in [-0.15, -0.1) is 5.10 Å². The topological polar surface area (TPSA) is 53.9 Å². The molecule has 3 aromatic rings. The molecule has 0 aliphatic carbocycles. The third-order valence-corrected chi connectivity index (χ3v) is 4.12. The summed E-state index contributed by atoms with van der Waals surface area (Å²) in [6, 6.07) is 6.17. The van der Waals surface area contributed by atoms with Crippen LogP contribution in [0, 0.1) is 32.8 Å². The molecule has 0 aliphatic heterocycles. The van der Waals surface area contributed by atoms with Crippen LogP contribution in [0.25, 0.3) is 11.5 Å². The lowest BCUT2D eigenvalue weighted by molar-refractivity contribution is 0.449. The second-order valence-electron chi connectivity index (χ2n) is 4.91. The molecule has 0 amide bonds. The summed E-state index contributed by atoms with van der Waals surface area (Å²) in [5.41, 5.74) is 0.968. The smallest absolute Gasteiger partial charge is 0.284 e. The van der Waals surface area contributed by atoms with Gasteiger partial charge in [0.25, 0.3) is 4.84 Å². The second-order valence-corrected chi connectivity index (χ2v) is 6.53. The van der Waals surface area contributed by atoms with E-state index in [1.165, 1.54) is 0 Å². The SMILES string of the molecule is Cc1cc(I)ccc1Nc1c(-c2n[nH]c(=S)o2)cc(F)c(F)c1F. The van der Waals surface area contributed by atoms with Gasteiger partial charge in [-0.3, -0.25) is 0 Å². The number of hydrogen-bond acceptors (Lipinski definition) is 4. The lowest BCUT2D eigenvalue weighted by Crippen LogP contribution is -2.03.